The van der Waals surface area contributed by atoms with Crippen LogP contribution in [0.4, 0.5) is 11.5 Å². The largest absolute Gasteiger partial charge is 0.451 e. The Hall–Kier alpha value is -4.07. The van der Waals surface area contributed by atoms with Crippen molar-refractivity contribution in [2.45, 2.75) is 12.8 Å². The second-order valence-corrected chi connectivity index (χ2v) is 7.34. The van der Waals surface area contributed by atoms with E-state index < -0.39 is 18.5 Å². The number of esters is 1. The van der Waals surface area contributed by atoms with Gasteiger partial charge in [-0.25, -0.2) is 4.79 Å². The average molecular weight is 430 g/mol. The fraction of sp³-hybridized carbons (Fsp3) is 0.208. The van der Waals surface area contributed by atoms with Gasteiger partial charge in [0.1, 0.15) is 0 Å². The lowest BCUT2D eigenvalue weighted by atomic mass is 10.0. The number of aromatic nitrogens is 2. The van der Waals surface area contributed by atoms with Gasteiger partial charge in [0.25, 0.3) is 5.91 Å². The van der Waals surface area contributed by atoms with Gasteiger partial charge in [-0.15, -0.1) is 10.2 Å². The highest BCUT2D eigenvalue weighted by molar-refractivity contribution is 6.13. The minimum absolute atomic E-state index is 0.0282. The number of hydrogen-bond acceptors (Lipinski definition) is 7. The van der Waals surface area contributed by atoms with Crippen LogP contribution >= 0.6 is 0 Å². The lowest BCUT2D eigenvalue weighted by Crippen LogP contribution is -2.23. The van der Waals surface area contributed by atoms with Gasteiger partial charge >= 0.3 is 5.97 Å². The molecule has 162 valence electrons. The number of nitrogens with one attached hydrogen (secondary N) is 1. The Balaban J connectivity index is 1.35. The number of benzene rings is 2. The highest BCUT2D eigenvalue weighted by Gasteiger charge is 2.18. The minimum atomic E-state index is -0.741. The van der Waals surface area contributed by atoms with Crippen LogP contribution in [0.3, 0.4) is 0 Å². The van der Waals surface area contributed by atoms with Crippen LogP contribution in [0.5, 0.6) is 0 Å². The Labute approximate surface area is 185 Å². The molecule has 1 N–H and O–H groups in total. The van der Waals surface area contributed by atoms with E-state index in [1.807, 2.05) is 6.07 Å². The van der Waals surface area contributed by atoms with E-state index in [0.29, 0.717) is 16.8 Å². The molecule has 0 unspecified atom stereocenters. The van der Waals surface area contributed by atoms with Gasteiger partial charge in [0.15, 0.2) is 23.9 Å². The quantitative estimate of drug-likeness (QED) is 0.454. The topological polar surface area (TPSA) is 101 Å². The van der Waals surface area contributed by atoms with Crippen molar-refractivity contribution in [3.8, 4) is 0 Å². The molecule has 0 saturated carbocycles. The Morgan fingerprint density at radius 3 is 2.31 bits per heavy atom. The van der Waals surface area contributed by atoms with E-state index in [1.165, 1.54) is 6.07 Å². The predicted octanol–water partition coefficient (Wildman–Crippen LogP) is 3.10. The van der Waals surface area contributed by atoms with E-state index in [2.05, 4.69) is 20.4 Å². The van der Waals surface area contributed by atoms with Gasteiger partial charge in [-0.1, -0.05) is 42.5 Å². The molecule has 2 aromatic carbocycles. The van der Waals surface area contributed by atoms with E-state index in [4.69, 9.17) is 4.74 Å². The highest BCUT2D eigenvalue weighted by atomic mass is 16.5. The van der Waals surface area contributed by atoms with Crippen molar-refractivity contribution in [1.82, 2.24) is 10.2 Å². The molecule has 0 radical (unpaired) electrons. The number of rotatable bonds is 7. The number of anilines is 2. The molecule has 0 aliphatic carbocycles. The zero-order valence-corrected chi connectivity index (χ0v) is 17.4. The molecule has 1 aromatic heterocycles. The molecule has 8 nitrogen and oxygen atoms in total. The molecule has 1 fully saturated rings. The molecule has 3 aromatic rings. The van der Waals surface area contributed by atoms with E-state index >= 15 is 0 Å². The molecule has 1 saturated heterocycles. The molecule has 0 bridgehead atoms. The van der Waals surface area contributed by atoms with Crippen molar-refractivity contribution in [2.24, 2.45) is 0 Å². The summed E-state index contributed by atoms with van der Waals surface area (Å²) in [7, 11) is 0. The van der Waals surface area contributed by atoms with E-state index in [-0.39, 0.29) is 11.5 Å². The van der Waals surface area contributed by atoms with Crippen molar-refractivity contribution < 1.29 is 19.1 Å². The molecule has 1 aliphatic heterocycles. The van der Waals surface area contributed by atoms with Gasteiger partial charge in [-0.3, -0.25) is 9.59 Å². The van der Waals surface area contributed by atoms with Crippen LogP contribution in [-0.2, 0) is 9.53 Å². The molecular formula is C24H22N4O4. The number of carbonyl (C=O) groups excluding carboxylic acids is 3. The summed E-state index contributed by atoms with van der Waals surface area (Å²) in [5.41, 5.74) is 1.23. The summed E-state index contributed by atoms with van der Waals surface area (Å²) in [6, 6.07) is 18.7. The fourth-order valence-electron chi connectivity index (χ4n) is 3.48. The first kappa shape index (κ1) is 21.2. The standard InChI is InChI=1S/C24H22N4O4/c29-22(16-32-24(31)20-12-13-21(27-26-20)28-14-6-7-15-28)25-19-11-5-4-10-18(19)23(30)17-8-2-1-3-9-17/h1-5,8-13H,6-7,14-16H2,(H,25,29). The Morgan fingerprint density at radius 2 is 1.59 bits per heavy atom. The maximum Gasteiger partial charge on any atom is 0.359 e. The fourth-order valence-corrected chi connectivity index (χ4v) is 3.48. The summed E-state index contributed by atoms with van der Waals surface area (Å²) in [5.74, 6) is -0.800. The molecule has 1 aliphatic rings. The zero-order chi connectivity index (χ0) is 22.3. The lowest BCUT2D eigenvalue weighted by molar-refractivity contribution is -0.119. The van der Waals surface area contributed by atoms with Crippen LogP contribution in [0.15, 0.2) is 66.7 Å². The number of ketones is 1. The second kappa shape index (κ2) is 9.82. The second-order valence-electron chi connectivity index (χ2n) is 7.34. The van der Waals surface area contributed by atoms with Crippen LogP contribution in [-0.4, -0.2) is 47.6 Å². The smallest absolute Gasteiger partial charge is 0.359 e. The van der Waals surface area contributed by atoms with Crippen LogP contribution in [0, 0.1) is 0 Å². The Kier molecular flexibility index (Phi) is 6.50. The molecule has 8 heteroatoms. The third-order valence-corrected chi connectivity index (χ3v) is 5.11. The zero-order valence-electron chi connectivity index (χ0n) is 17.4. The summed E-state index contributed by atoms with van der Waals surface area (Å²) >= 11 is 0. The van der Waals surface area contributed by atoms with Crippen LogP contribution in [0.1, 0.15) is 39.3 Å². The van der Waals surface area contributed by atoms with Crippen molar-refractivity contribution in [1.29, 1.82) is 0 Å². The third kappa shape index (κ3) is 4.97. The van der Waals surface area contributed by atoms with Crippen molar-refractivity contribution in [3.63, 3.8) is 0 Å². The summed E-state index contributed by atoms with van der Waals surface area (Å²) in [6.45, 7) is 1.34. The van der Waals surface area contributed by atoms with Crippen LogP contribution in [0.2, 0.25) is 0 Å². The monoisotopic (exact) mass is 430 g/mol. The number of hydrogen-bond donors (Lipinski definition) is 1. The molecule has 0 atom stereocenters. The maximum absolute atomic E-state index is 12.8. The average Bonchev–Trinajstić information content (AvgIpc) is 3.38. The lowest BCUT2D eigenvalue weighted by Gasteiger charge is -2.15. The minimum Gasteiger partial charge on any atom is -0.451 e. The van der Waals surface area contributed by atoms with Crippen molar-refractivity contribution in [2.75, 3.05) is 29.9 Å². The normalized spacial score (nSPS) is 12.9. The van der Waals surface area contributed by atoms with Crippen molar-refractivity contribution >= 4 is 29.2 Å². The molecular weight excluding hydrogens is 408 g/mol. The number of amides is 1. The molecule has 0 spiro atoms. The van der Waals surface area contributed by atoms with E-state index in [0.717, 1.165) is 31.7 Å². The number of para-hydroxylation sites is 1. The summed E-state index contributed by atoms with van der Waals surface area (Å²) in [5, 5.41) is 10.6. The first-order valence-electron chi connectivity index (χ1n) is 10.4. The van der Waals surface area contributed by atoms with Gasteiger partial charge in [0.05, 0.1) is 5.69 Å². The summed E-state index contributed by atoms with van der Waals surface area (Å²) < 4.78 is 5.06. The van der Waals surface area contributed by atoms with Gasteiger partial charge < -0.3 is 15.0 Å². The SMILES string of the molecule is O=C(COC(=O)c1ccc(N2CCCC2)nn1)Nc1ccccc1C(=O)c1ccccc1. The maximum atomic E-state index is 12.8. The molecule has 1 amide bonds. The van der Waals surface area contributed by atoms with Crippen LogP contribution in [0.25, 0.3) is 0 Å². The Morgan fingerprint density at radius 1 is 0.875 bits per heavy atom. The number of carbonyl (C=O) groups is 3. The predicted molar refractivity (Wildman–Crippen MR) is 119 cm³/mol. The van der Waals surface area contributed by atoms with Crippen molar-refractivity contribution in [3.05, 3.63) is 83.6 Å². The number of nitrogens with zero attached hydrogens (tertiary/aromatic N) is 3. The molecule has 32 heavy (non-hydrogen) atoms. The Bertz CT molecular complexity index is 1110. The first-order valence-corrected chi connectivity index (χ1v) is 10.4. The third-order valence-electron chi connectivity index (χ3n) is 5.11. The van der Waals surface area contributed by atoms with Gasteiger partial charge in [-0.05, 0) is 37.1 Å². The van der Waals surface area contributed by atoms with Gasteiger partial charge in [0.2, 0.25) is 0 Å². The highest BCUT2D eigenvalue weighted by Crippen LogP contribution is 2.20. The van der Waals surface area contributed by atoms with Gasteiger partial charge in [0, 0.05) is 24.2 Å². The van der Waals surface area contributed by atoms with E-state index in [1.54, 1.807) is 54.6 Å². The first-order chi connectivity index (χ1) is 15.6. The summed E-state index contributed by atoms with van der Waals surface area (Å²) in [4.78, 5) is 39.4. The summed E-state index contributed by atoms with van der Waals surface area (Å²) in [6.07, 6.45) is 2.22. The van der Waals surface area contributed by atoms with E-state index in [9.17, 15) is 14.4 Å². The molecule has 2 heterocycles. The van der Waals surface area contributed by atoms with Gasteiger partial charge in [-0.2, -0.15) is 0 Å². The number of ether oxygens (including phenoxy) is 1. The van der Waals surface area contributed by atoms with Crippen LogP contribution < -0.4 is 10.2 Å². The molecule has 4 rings (SSSR count).